The van der Waals surface area contributed by atoms with Gasteiger partial charge in [0.2, 0.25) is 0 Å². The number of nitrogens with one attached hydrogen (secondary N) is 1. The molecule has 20 heavy (non-hydrogen) atoms. The highest BCUT2D eigenvalue weighted by Gasteiger charge is 2.22. The van der Waals surface area contributed by atoms with Gasteiger partial charge in [0.05, 0.1) is 6.61 Å². The summed E-state index contributed by atoms with van der Waals surface area (Å²) in [6.07, 6.45) is 7.08. The Morgan fingerprint density at radius 2 is 2.15 bits per heavy atom. The molecule has 0 amide bonds. The summed E-state index contributed by atoms with van der Waals surface area (Å²) in [6.45, 7) is 1.99. The van der Waals surface area contributed by atoms with Crippen LogP contribution in [-0.4, -0.2) is 24.3 Å². The molecule has 0 aromatic carbocycles. The maximum Gasteiger partial charge on any atom is 0.255 e. The van der Waals surface area contributed by atoms with Crippen LogP contribution in [0.1, 0.15) is 42.5 Å². The maximum atomic E-state index is 12.6. The maximum absolute atomic E-state index is 12.6. The van der Waals surface area contributed by atoms with Crippen LogP contribution in [0.15, 0.2) is 10.9 Å². The minimum atomic E-state index is 0.177. The highest BCUT2D eigenvalue weighted by Crippen LogP contribution is 2.22. The van der Waals surface area contributed by atoms with Crippen LogP contribution in [-0.2, 0) is 30.7 Å². The van der Waals surface area contributed by atoms with E-state index in [1.54, 1.807) is 7.11 Å². The molecular formula is C16H24N2O2. The number of methoxy groups -OCH3 is 1. The second-order valence-corrected chi connectivity index (χ2v) is 5.95. The zero-order valence-electron chi connectivity index (χ0n) is 12.3. The summed E-state index contributed by atoms with van der Waals surface area (Å²) >= 11 is 0. The van der Waals surface area contributed by atoms with Crippen LogP contribution < -0.4 is 10.9 Å². The molecule has 110 valence electrons. The molecule has 1 fully saturated rings. The molecule has 1 heterocycles. The molecule has 1 aromatic heterocycles. The van der Waals surface area contributed by atoms with Gasteiger partial charge in [0.1, 0.15) is 0 Å². The zero-order chi connectivity index (χ0) is 13.9. The Hall–Kier alpha value is -1.13. The zero-order valence-corrected chi connectivity index (χ0v) is 12.3. The Kier molecular flexibility index (Phi) is 4.22. The van der Waals surface area contributed by atoms with Gasteiger partial charge in [0, 0.05) is 37.5 Å². The number of fused-ring (bicyclic) bond motifs is 1. The van der Waals surface area contributed by atoms with Gasteiger partial charge in [0.25, 0.3) is 5.56 Å². The molecule has 0 unspecified atom stereocenters. The van der Waals surface area contributed by atoms with Gasteiger partial charge < -0.3 is 14.6 Å². The molecule has 4 heteroatoms. The van der Waals surface area contributed by atoms with Gasteiger partial charge in [-0.25, -0.2) is 0 Å². The van der Waals surface area contributed by atoms with Crippen LogP contribution in [0.5, 0.6) is 0 Å². The van der Waals surface area contributed by atoms with Crippen molar-refractivity contribution >= 4 is 0 Å². The fraction of sp³-hybridized carbons (Fsp3) is 0.688. The van der Waals surface area contributed by atoms with E-state index in [2.05, 4.69) is 11.4 Å². The average molecular weight is 276 g/mol. The number of aryl methyl sites for hydroxylation is 1. The van der Waals surface area contributed by atoms with Crippen molar-refractivity contribution < 1.29 is 4.74 Å². The van der Waals surface area contributed by atoms with Crippen molar-refractivity contribution in [2.24, 2.45) is 0 Å². The second-order valence-electron chi connectivity index (χ2n) is 5.95. The van der Waals surface area contributed by atoms with Gasteiger partial charge >= 0.3 is 0 Å². The van der Waals surface area contributed by atoms with Gasteiger partial charge in [0.15, 0.2) is 0 Å². The molecule has 1 saturated carbocycles. The molecule has 4 nitrogen and oxygen atoms in total. The standard InChI is InChI=1S/C16H24N2O2/c1-20-9-8-18-15-5-3-2-4-12(15)10-13(16(18)19)11-17-14-6-7-14/h10,14,17H,2-9,11H2,1H3. The molecule has 0 saturated heterocycles. The van der Waals surface area contributed by atoms with E-state index in [-0.39, 0.29) is 5.56 Å². The third kappa shape index (κ3) is 2.96. The van der Waals surface area contributed by atoms with Gasteiger partial charge in [-0.3, -0.25) is 4.79 Å². The first-order chi connectivity index (χ1) is 9.79. The normalized spacial score (nSPS) is 18.1. The topological polar surface area (TPSA) is 43.3 Å². The molecule has 0 spiro atoms. The third-order valence-electron chi connectivity index (χ3n) is 4.35. The lowest BCUT2D eigenvalue weighted by molar-refractivity contribution is 0.184. The fourth-order valence-electron chi connectivity index (χ4n) is 3.03. The number of pyridine rings is 1. The Morgan fingerprint density at radius 3 is 2.90 bits per heavy atom. The van der Waals surface area contributed by atoms with Crippen molar-refractivity contribution in [3.8, 4) is 0 Å². The average Bonchev–Trinajstić information content (AvgIpc) is 3.28. The summed E-state index contributed by atoms with van der Waals surface area (Å²) in [5.41, 5.74) is 3.72. The molecule has 1 aromatic rings. The highest BCUT2D eigenvalue weighted by atomic mass is 16.5. The summed E-state index contributed by atoms with van der Waals surface area (Å²) in [5, 5.41) is 3.46. The van der Waals surface area contributed by atoms with Gasteiger partial charge in [-0.2, -0.15) is 0 Å². The summed E-state index contributed by atoms with van der Waals surface area (Å²) in [4.78, 5) is 12.6. The number of hydrogen-bond acceptors (Lipinski definition) is 3. The lowest BCUT2D eigenvalue weighted by Crippen LogP contribution is -2.33. The summed E-state index contributed by atoms with van der Waals surface area (Å²) in [6, 6.07) is 2.79. The minimum Gasteiger partial charge on any atom is -0.383 e. The van der Waals surface area contributed by atoms with E-state index in [1.165, 1.54) is 36.9 Å². The SMILES string of the molecule is COCCn1c2c(cc(CNC3CC3)c1=O)CCCC2. The minimum absolute atomic E-state index is 0.177. The smallest absolute Gasteiger partial charge is 0.255 e. The Morgan fingerprint density at radius 1 is 1.35 bits per heavy atom. The molecular weight excluding hydrogens is 252 g/mol. The van der Waals surface area contributed by atoms with Crippen molar-refractivity contribution in [2.75, 3.05) is 13.7 Å². The van der Waals surface area contributed by atoms with Crippen LogP contribution >= 0.6 is 0 Å². The van der Waals surface area contributed by atoms with Crippen LogP contribution in [0.2, 0.25) is 0 Å². The van der Waals surface area contributed by atoms with Crippen LogP contribution in [0.4, 0.5) is 0 Å². The first kappa shape index (κ1) is 13.8. The Balaban J connectivity index is 1.90. The van der Waals surface area contributed by atoms with E-state index in [0.717, 1.165) is 18.4 Å². The number of hydrogen-bond donors (Lipinski definition) is 1. The highest BCUT2D eigenvalue weighted by molar-refractivity contribution is 5.29. The van der Waals surface area contributed by atoms with Gasteiger partial charge in [-0.05, 0) is 50.2 Å². The van der Waals surface area contributed by atoms with E-state index >= 15 is 0 Å². The molecule has 0 aliphatic heterocycles. The van der Waals surface area contributed by atoms with Crippen molar-refractivity contribution in [2.45, 2.75) is 57.7 Å². The van der Waals surface area contributed by atoms with E-state index in [1.807, 2.05) is 4.57 Å². The van der Waals surface area contributed by atoms with E-state index < -0.39 is 0 Å². The van der Waals surface area contributed by atoms with Crippen molar-refractivity contribution in [3.63, 3.8) is 0 Å². The van der Waals surface area contributed by atoms with Crippen molar-refractivity contribution in [1.29, 1.82) is 0 Å². The second kappa shape index (κ2) is 6.10. The summed E-state index contributed by atoms with van der Waals surface area (Å²) in [7, 11) is 1.69. The van der Waals surface area contributed by atoms with Crippen molar-refractivity contribution in [3.05, 3.63) is 33.2 Å². The van der Waals surface area contributed by atoms with Crippen LogP contribution in [0, 0.1) is 0 Å². The molecule has 1 N–H and O–H groups in total. The largest absolute Gasteiger partial charge is 0.383 e. The molecule has 2 aliphatic carbocycles. The number of aromatic nitrogens is 1. The molecule has 2 aliphatic rings. The predicted octanol–water partition coefficient (Wildman–Crippen LogP) is 1.63. The van der Waals surface area contributed by atoms with Crippen LogP contribution in [0.25, 0.3) is 0 Å². The van der Waals surface area contributed by atoms with Gasteiger partial charge in [-0.1, -0.05) is 0 Å². The van der Waals surface area contributed by atoms with E-state index in [0.29, 0.717) is 25.7 Å². The molecule has 0 atom stereocenters. The first-order valence-electron chi connectivity index (χ1n) is 7.76. The van der Waals surface area contributed by atoms with E-state index in [4.69, 9.17) is 4.74 Å². The van der Waals surface area contributed by atoms with Gasteiger partial charge in [-0.15, -0.1) is 0 Å². The monoisotopic (exact) mass is 276 g/mol. The third-order valence-corrected chi connectivity index (χ3v) is 4.35. The summed E-state index contributed by atoms with van der Waals surface area (Å²) in [5.74, 6) is 0. The Bertz CT molecular complexity index is 532. The first-order valence-corrected chi connectivity index (χ1v) is 7.76. The summed E-state index contributed by atoms with van der Waals surface area (Å²) < 4.78 is 7.12. The lowest BCUT2D eigenvalue weighted by atomic mass is 9.94. The molecule has 0 radical (unpaired) electrons. The quantitative estimate of drug-likeness (QED) is 0.858. The number of nitrogens with zero attached hydrogens (tertiary/aromatic N) is 1. The molecule has 0 bridgehead atoms. The number of ether oxygens (including phenoxy) is 1. The number of rotatable bonds is 6. The predicted molar refractivity (Wildman–Crippen MR) is 79.1 cm³/mol. The Labute approximate surface area is 120 Å². The van der Waals surface area contributed by atoms with E-state index in [9.17, 15) is 4.79 Å². The van der Waals surface area contributed by atoms with Crippen LogP contribution in [0.3, 0.4) is 0 Å². The van der Waals surface area contributed by atoms with Crippen molar-refractivity contribution in [1.82, 2.24) is 9.88 Å². The molecule has 3 rings (SSSR count). The fourth-order valence-corrected chi connectivity index (χ4v) is 3.03. The lowest BCUT2D eigenvalue weighted by Gasteiger charge is -2.22.